The Hall–Kier alpha value is -2.08. The monoisotopic (exact) mass is 345 g/mol. The normalized spacial score (nSPS) is 23.3. The molecule has 3 amide bonds. The van der Waals surface area contributed by atoms with Crippen LogP contribution in [-0.2, 0) is 16.1 Å². The number of amides is 3. The first kappa shape index (κ1) is 17.7. The number of carbonyl (C=O) groups excluding carboxylic acids is 2. The van der Waals surface area contributed by atoms with E-state index in [1.165, 1.54) is 0 Å². The standard InChI is InChI=1S/C19H27N3O3/c1-25-13-12-21-11-9-19(17(21)23)8-5-10-22(15-19)18(24)20-14-16-6-3-2-4-7-16/h2-4,6-7H,5,8-15H2,1H3,(H,20,24). The van der Waals surface area contributed by atoms with Gasteiger partial charge in [0.05, 0.1) is 12.0 Å². The van der Waals surface area contributed by atoms with Crippen molar-refractivity contribution in [3.63, 3.8) is 0 Å². The average molecular weight is 345 g/mol. The number of urea groups is 1. The van der Waals surface area contributed by atoms with Gasteiger partial charge in [0.15, 0.2) is 0 Å². The molecule has 0 bridgehead atoms. The number of nitrogens with zero attached hydrogens (tertiary/aromatic N) is 2. The highest BCUT2D eigenvalue weighted by atomic mass is 16.5. The number of nitrogens with one attached hydrogen (secondary N) is 1. The van der Waals surface area contributed by atoms with Crippen molar-refractivity contribution in [2.45, 2.75) is 25.8 Å². The van der Waals surface area contributed by atoms with Gasteiger partial charge >= 0.3 is 6.03 Å². The fourth-order valence-corrected chi connectivity index (χ4v) is 3.88. The van der Waals surface area contributed by atoms with Crippen LogP contribution in [0.4, 0.5) is 4.79 Å². The molecule has 1 aromatic carbocycles. The Morgan fingerprint density at radius 1 is 1.24 bits per heavy atom. The van der Waals surface area contributed by atoms with Crippen molar-refractivity contribution in [1.29, 1.82) is 0 Å². The van der Waals surface area contributed by atoms with Crippen molar-refractivity contribution < 1.29 is 14.3 Å². The minimum absolute atomic E-state index is 0.0777. The minimum atomic E-state index is -0.393. The van der Waals surface area contributed by atoms with E-state index in [9.17, 15) is 9.59 Å². The highest BCUT2D eigenvalue weighted by molar-refractivity contribution is 5.86. The molecule has 1 unspecified atom stereocenters. The van der Waals surface area contributed by atoms with Gasteiger partial charge in [0, 0.05) is 39.8 Å². The Kier molecular flexibility index (Phi) is 5.58. The quantitative estimate of drug-likeness (QED) is 0.886. The molecule has 1 atom stereocenters. The second kappa shape index (κ2) is 7.87. The van der Waals surface area contributed by atoms with Gasteiger partial charge in [-0.15, -0.1) is 0 Å². The molecule has 0 radical (unpaired) electrons. The number of hydrogen-bond donors (Lipinski definition) is 1. The number of methoxy groups -OCH3 is 1. The fraction of sp³-hybridized carbons (Fsp3) is 0.579. The maximum absolute atomic E-state index is 12.8. The number of carbonyl (C=O) groups is 2. The van der Waals surface area contributed by atoms with Gasteiger partial charge in [-0.1, -0.05) is 30.3 Å². The predicted molar refractivity (Wildman–Crippen MR) is 95.0 cm³/mol. The third-order valence-corrected chi connectivity index (χ3v) is 5.32. The molecule has 3 rings (SSSR count). The van der Waals surface area contributed by atoms with Gasteiger partial charge < -0.3 is 19.9 Å². The van der Waals surface area contributed by atoms with Crippen LogP contribution < -0.4 is 5.32 Å². The van der Waals surface area contributed by atoms with Gasteiger partial charge in [0.1, 0.15) is 0 Å². The molecular weight excluding hydrogens is 318 g/mol. The van der Waals surface area contributed by atoms with Crippen molar-refractivity contribution in [3.8, 4) is 0 Å². The molecule has 2 saturated heterocycles. The molecule has 2 fully saturated rings. The number of benzene rings is 1. The summed E-state index contributed by atoms with van der Waals surface area (Å²) >= 11 is 0. The van der Waals surface area contributed by atoms with Gasteiger partial charge in [-0.25, -0.2) is 4.79 Å². The lowest BCUT2D eigenvalue weighted by Gasteiger charge is -2.39. The van der Waals surface area contributed by atoms with Crippen LogP contribution in [0.2, 0.25) is 0 Å². The molecular formula is C19H27N3O3. The lowest BCUT2D eigenvalue weighted by atomic mass is 9.78. The van der Waals surface area contributed by atoms with E-state index in [1.54, 1.807) is 7.11 Å². The minimum Gasteiger partial charge on any atom is -0.383 e. The summed E-state index contributed by atoms with van der Waals surface area (Å²) in [5.41, 5.74) is 0.682. The fourth-order valence-electron chi connectivity index (χ4n) is 3.88. The summed E-state index contributed by atoms with van der Waals surface area (Å²) in [7, 11) is 1.65. The molecule has 136 valence electrons. The summed E-state index contributed by atoms with van der Waals surface area (Å²) in [4.78, 5) is 29.1. The third kappa shape index (κ3) is 3.95. The lowest BCUT2D eigenvalue weighted by molar-refractivity contribution is -0.138. The Morgan fingerprint density at radius 3 is 2.80 bits per heavy atom. The maximum atomic E-state index is 12.8. The summed E-state index contributed by atoms with van der Waals surface area (Å²) < 4.78 is 5.09. The van der Waals surface area contributed by atoms with Crippen molar-refractivity contribution in [1.82, 2.24) is 15.1 Å². The molecule has 6 nitrogen and oxygen atoms in total. The molecule has 6 heteroatoms. The summed E-state index contributed by atoms with van der Waals surface area (Å²) in [6.07, 6.45) is 2.58. The van der Waals surface area contributed by atoms with Crippen LogP contribution in [0.25, 0.3) is 0 Å². The summed E-state index contributed by atoms with van der Waals surface area (Å²) in [6.45, 7) is 3.71. The van der Waals surface area contributed by atoms with Crippen LogP contribution in [0.1, 0.15) is 24.8 Å². The molecule has 25 heavy (non-hydrogen) atoms. The Labute approximate surface area is 149 Å². The predicted octanol–water partition coefficient (Wildman–Crippen LogP) is 1.86. The van der Waals surface area contributed by atoms with E-state index in [0.29, 0.717) is 32.8 Å². The topological polar surface area (TPSA) is 61.9 Å². The molecule has 2 aliphatic heterocycles. The first-order valence-electron chi connectivity index (χ1n) is 9.00. The summed E-state index contributed by atoms with van der Waals surface area (Å²) in [6, 6.07) is 9.79. The molecule has 1 aromatic rings. The highest BCUT2D eigenvalue weighted by Gasteiger charge is 2.49. The largest absolute Gasteiger partial charge is 0.383 e. The molecule has 1 N–H and O–H groups in total. The van der Waals surface area contributed by atoms with E-state index in [4.69, 9.17) is 4.74 Å². The van der Waals surface area contributed by atoms with Gasteiger partial charge in [-0.2, -0.15) is 0 Å². The molecule has 0 aromatic heterocycles. The van der Waals surface area contributed by atoms with Gasteiger partial charge in [0.2, 0.25) is 5.91 Å². The second-order valence-electron chi connectivity index (χ2n) is 6.98. The number of ether oxygens (including phenoxy) is 1. The first-order chi connectivity index (χ1) is 12.1. The smallest absolute Gasteiger partial charge is 0.317 e. The number of piperidine rings is 1. The number of rotatable bonds is 5. The SMILES string of the molecule is COCCN1CCC2(CCCN(C(=O)NCc3ccccc3)C2)C1=O. The molecule has 0 saturated carbocycles. The van der Waals surface area contributed by atoms with Crippen molar-refractivity contribution in [3.05, 3.63) is 35.9 Å². The van der Waals surface area contributed by atoms with Crippen molar-refractivity contribution in [2.75, 3.05) is 39.9 Å². The average Bonchev–Trinajstić information content (AvgIpc) is 2.94. The van der Waals surface area contributed by atoms with Gasteiger partial charge in [-0.05, 0) is 24.8 Å². The first-order valence-corrected chi connectivity index (χ1v) is 9.00. The molecule has 2 aliphatic rings. The Balaban J connectivity index is 1.57. The highest BCUT2D eigenvalue weighted by Crippen LogP contribution is 2.40. The summed E-state index contributed by atoms with van der Waals surface area (Å²) in [5.74, 6) is 0.185. The zero-order chi connectivity index (χ0) is 17.7. The number of hydrogen-bond acceptors (Lipinski definition) is 3. The van der Waals surface area contributed by atoms with Crippen LogP contribution in [0.5, 0.6) is 0 Å². The Morgan fingerprint density at radius 2 is 2.04 bits per heavy atom. The van der Waals surface area contributed by atoms with E-state index < -0.39 is 5.41 Å². The van der Waals surface area contributed by atoms with Crippen LogP contribution >= 0.6 is 0 Å². The lowest BCUT2D eigenvalue weighted by Crippen LogP contribution is -2.52. The zero-order valence-electron chi connectivity index (χ0n) is 14.9. The van der Waals surface area contributed by atoms with Crippen LogP contribution in [0.3, 0.4) is 0 Å². The van der Waals surface area contributed by atoms with Crippen LogP contribution in [-0.4, -0.2) is 61.6 Å². The van der Waals surface area contributed by atoms with Crippen molar-refractivity contribution >= 4 is 11.9 Å². The van der Waals surface area contributed by atoms with E-state index >= 15 is 0 Å². The third-order valence-electron chi connectivity index (χ3n) is 5.32. The molecule has 0 aliphatic carbocycles. The van der Waals surface area contributed by atoms with Crippen molar-refractivity contribution in [2.24, 2.45) is 5.41 Å². The number of likely N-dealkylation sites (tertiary alicyclic amines) is 2. The van der Waals surface area contributed by atoms with E-state index in [1.807, 2.05) is 40.1 Å². The van der Waals surface area contributed by atoms with Gasteiger partial charge in [0.25, 0.3) is 0 Å². The van der Waals surface area contributed by atoms with Crippen LogP contribution in [0.15, 0.2) is 30.3 Å². The summed E-state index contributed by atoms with van der Waals surface area (Å²) in [5, 5.41) is 2.98. The van der Waals surface area contributed by atoms with E-state index in [2.05, 4.69) is 5.32 Å². The molecule has 1 spiro atoms. The Bertz CT molecular complexity index is 607. The van der Waals surface area contributed by atoms with E-state index in [-0.39, 0.29) is 11.9 Å². The van der Waals surface area contributed by atoms with E-state index in [0.717, 1.165) is 31.4 Å². The van der Waals surface area contributed by atoms with Crippen LogP contribution in [0, 0.1) is 5.41 Å². The molecule has 2 heterocycles. The van der Waals surface area contributed by atoms with Gasteiger partial charge in [-0.3, -0.25) is 4.79 Å². The second-order valence-corrected chi connectivity index (χ2v) is 6.98. The maximum Gasteiger partial charge on any atom is 0.317 e. The zero-order valence-corrected chi connectivity index (χ0v) is 14.9.